The van der Waals surface area contributed by atoms with Crippen LogP contribution in [0.4, 0.5) is 0 Å². The lowest BCUT2D eigenvalue weighted by molar-refractivity contribution is -0.119. The molecule has 0 saturated carbocycles. The Labute approximate surface area is 73.2 Å². The first-order valence-corrected chi connectivity index (χ1v) is 4.60. The summed E-state index contributed by atoms with van der Waals surface area (Å²) in [7, 11) is 0. The van der Waals surface area contributed by atoms with Gasteiger partial charge in [0.15, 0.2) is 0 Å². The Bertz CT molecular complexity index is 159. The molecule has 1 rings (SSSR count). The van der Waals surface area contributed by atoms with E-state index in [1.807, 2.05) is 0 Å². The van der Waals surface area contributed by atoms with Crippen molar-refractivity contribution in [3.63, 3.8) is 0 Å². The molecule has 0 aromatic carbocycles. The quantitative estimate of drug-likeness (QED) is 0.648. The summed E-state index contributed by atoms with van der Waals surface area (Å²) in [6.07, 6.45) is 2.58. The van der Waals surface area contributed by atoms with Gasteiger partial charge in [0.2, 0.25) is 5.91 Å². The Kier molecular flexibility index (Phi) is 3.53. The molecule has 1 fully saturated rings. The van der Waals surface area contributed by atoms with Crippen LogP contribution >= 0.6 is 0 Å². The van der Waals surface area contributed by atoms with Crippen LogP contribution in [0, 0.1) is 11.8 Å². The van der Waals surface area contributed by atoms with Gasteiger partial charge in [0, 0.05) is 19.6 Å². The highest BCUT2D eigenvalue weighted by Crippen LogP contribution is 2.20. The van der Waals surface area contributed by atoms with Gasteiger partial charge in [-0.05, 0) is 24.7 Å². The van der Waals surface area contributed by atoms with Crippen LogP contribution < -0.4 is 5.32 Å². The molecule has 12 heavy (non-hydrogen) atoms. The van der Waals surface area contributed by atoms with Gasteiger partial charge in [-0.3, -0.25) is 4.79 Å². The summed E-state index contributed by atoms with van der Waals surface area (Å²) >= 11 is 0. The Morgan fingerprint density at radius 1 is 1.75 bits per heavy atom. The van der Waals surface area contributed by atoms with Crippen LogP contribution in [0.2, 0.25) is 0 Å². The van der Waals surface area contributed by atoms with Crippen LogP contribution in [-0.4, -0.2) is 24.2 Å². The summed E-state index contributed by atoms with van der Waals surface area (Å²) in [4.78, 5) is 10.8. The van der Waals surface area contributed by atoms with E-state index < -0.39 is 0 Å². The van der Waals surface area contributed by atoms with Crippen molar-refractivity contribution >= 4 is 5.91 Å². The van der Waals surface area contributed by atoms with Gasteiger partial charge in [0.05, 0.1) is 0 Å². The predicted molar refractivity (Wildman–Crippen MR) is 46.6 cm³/mol. The molecule has 70 valence electrons. The van der Waals surface area contributed by atoms with Gasteiger partial charge in [-0.15, -0.1) is 0 Å². The number of hydrogen-bond acceptors (Lipinski definition) is 2. The maximum atomic E-state index is 10.8. The number of nitrogens with one attached hydrogen (secondary N) is 1. The molecule has 1 heterocycles. The van der Waals surface area contributed by atoms with E-state index in [4.69, 9.17) is 5.11 Å². The smallest absolute Gasteiger partial charge is 0.220 e. The van der Waals surface area contributed by atoms with Crippen molar-refractivity contribution in [3.05, 3.63) is 0 Å². The van der Waals surface area contributed by atoms with Crippen LogP contribution in [0.25, 0.3) is 0 Å². The van der Waals surface area contributed by atoms with Crippen molar-refractivity contribution in [2.75, 3.05) is 13.2 Å². The van der Waals surface area contributed by atoms with E-state index in [1.165, 1.54) is 0 Å². The van der Waals surface area contributed by atoms with Crippen molar-refractivity contribution in [1.29, 1.82) is 0 Å². The minimum absolute atomic E-state index is 0.177. The van der Waals surface area contributed by atoms with Gasteiger partial charge in [-0.1, -0.05) is 6.92 Å². The van der Waals surface area contributed by atoms with Crippen molar-refractivity contribution in [3.8, 4) is 0 Å². The number of amides is 1. The van der Waals surface area contributed by atoms with Crippen LogP contribution in [-0.2, 0) is 4.79 Å². The number of carbonyl (C=O) groups is 1. The SMILES string of the molecule is CC(CCO)CC1CNC(=O)C1. The normalized spacial score (nSPS) is 25.5. The molecule has 1 saturated heterocycles. The number of aliphatic hydroxyl groups excluding tert-OH is 1. The minimum atomic E-state index is 0.177. The predicted octanol–water partition coefficient (Wildman–Crippen LogP) is 0.531. The van der Waals surface area contributed by atoms with Gasteiger partial charge < -0.3 is 10.4 Å². The molecule has 1 aliphatic rings. The average Bonchev–Trinajstić information content (AvgIpc) is 2.36. The standard InChI is InChI=1S/C9H17NO2/c1-7(2-3-11)4-8-5-9(12)10-6-8/h7-8,11H,2-6H2,1H3,(H,10,12). The molecular formula is C9H17NO2. The van der Waals surface area contributed by atoms with Crippen LogP contribution in [0.5, 0.6) is 0 Å². The second-order valence-corrected chi connectivity index (χ2v) is 3.73. The molecule has 1 amide bonds. The third-order valence-corrected chi connectivity index (χ3v) is 2.42. The van der Waals surface area contributed by atoms with Crippen LogP contribution in [0.15, 0.2) is 0 Å². The van der Waals surface area contributed by atoms with E-state index in [0.717, 1.165) is 19.4 Å². The van der Waals surface area contributed by atoms with E-state index in [1.54, 1.807) is 0 Å². The maximum absolute atomic E-state index is 10.8. The molecule has 1 aliphatic heterocycles. The van der Waals surface area contributed by atoms with Crippen molar-refractivity contribution in [2.45, 2.75) is 26.2 Å². The summed E-state index contributed by atoms with van der Waals surface area (Å²) < 4.78 is 0. The van der Waals surface area contributed by atoms with E-state index in [0.29, 0.717) is 18.3 Å². The van der Waals surface area contributed by atoms with Gasteiger partial charge in [-0.2, -0.15) is 0 Å². The highest BCUT2D eigenvalue weighted by molar-refractivity contribution is 5.78. The first-order chi connectivity index (χ1) is 5.72. The lowest BCUT2D eigenvalue weighted by Crippen LogP contribution is -2.14. The van der Waals surface area contributed by atoms with Crippen molar-refractivity contribution < 1.29 is 9.90 Å². The molecule has 0 aliphatic carbocycles. The summed E-state index contributed by atoms with van der Waals surface area (Å²) in [6.45, 7) is 3.21. The fraction of sp³-hybridized carbons (Fsp3) is 0.889. The number of hydrogen-bond donors (Lipinski definition) is 2. The van der Waals surface area contributed by atoms with Gasteiger partial charge in [0.1, 0.15) is 0 Å². The molecule has 2 N–H and O–H groups in total. The van der Waals surface area contributed by atoms with Gasteiger partial charge in [-0.25, -0.2) is 0 Å². The van der Waals surface area contributed by atoms with Gasteiger partial charge >= 0.3 is 0 Å². The highest BCUT2D eigenvalue weighted by Gasteiger charge is 2.22. The largest absolute Gasteiger partial charge is 0.396 e. The Morgan fingerprint density at radius 2 is 2.50 bits per heavy atom. The molecule has 0 aromatic heterocycles. The summed E-state index contributed by atoms with van der Waals surface area (Å²) in [6, 6.07) is 0. The fourth-order valence-corrected chi connectivity index (χ4v) is 1.74. The monoisotopic (exact) mass is 171 g/mol. The third-order valence-electron chi connectivity index (χ3n) is 2.42. The summed E-state index contributed by atoms with van der Waals surface area (Å²) in [5.41, 5.74) is 0. The zero-order valence-electron chi connectivity index (χ0n) is 7.55. The average molecular weight is 171 g/mol. The Balaban J connectivity index is 2.18. The topological polar surface area (TPSA) is 49.3 Å². The molecule has 3 nitrogen and oxygen atoms in total. The Morgan fingerprint density at radius 3 is 3.00 bits per heavy atom. The van der Waals surface area contributed by atoms with Crippen molar-refractivity contribution in [1.82, 2.24) is 5.32 Å². The molecule has 0 aromatic rings. The van der Waals surface area contributed by atoms with Gasteiger partial charge in [0.25, 0.3) is 0 Å². The molecule has 3 heteroatoms. The van der Waals surface area contributed by atoms with Crippen LogP contribution in [0.3, 0.4) is 0 Å². The van der Waals surface area contributed by atoms with E-state index in [9.17, 15) is 4.79 Å². The summed E-state index contributed by atoms with van der Waals surface area (Å²) in [5, 5.41) is 11.5. The summed E-state index contributed by atoms with van der Waals surface area (Å²) in [5.74, 6) is 1.21. The molecule has 2 atom stereocenters. The molecule has 0 bridgehead atoms. The molecular weight excluding hydrogens is 154 g/mol. The number of aliphatic hydroxyl groups is 1. The van der Waals surface area contributed by atoms with E-state index in [-0.39, 0.29) is 12.5 Å². The minimum Gasteiger partial charge on any atom is -0.396 e. The van der Waals surface area contributed by atoms with Crippen molar-refractivity contribution in [2.24, 2.45) is 11.8 Å². The zero-order valence-corrected chi connectivity index (χ0v) is 7.55. The zero-order chi connectivity index (χ0) is 8.97. The molecule has 2 unspecified atom stereocenters. The lowest BCUT2D eigenvalue weighted by Gasteiger charge is -2.13. The second-order valence-electron chi connectivity index (χ2n) is 3.73. The highest BCUT2D eigenvalue weighted by atomic mass is 16.3. The van der Waals surface area contributed by atoms with Crippen LogP contribution in [0.1, 0.15) is 26.2 Å². The lowest BCUT2D eigenvalue weighted by atomic mass is 9.93. The second kappa shape index (κ2) is 4.45. The first kappa shape index (κ1) is 9.52. The fourth-order valence-electron chi connectivity index (χ4n) is 1.74. The molecule has 0 spiro atoms. The number of rotatable bonds is 4. The third kappa shape index (κ3) is 2.81. The number of carbonyl (C=O) groups excluding carboxylic acids is 1. The molecule has 0 radical (unpaired) electrons. The van der Waals surface area contributed by atoms with E-state index in [2.05, 4.69) is 12.2 Å². The Hall–Kier alpha value is -0.570. The first-order valence-electron chi connectivity index (χ1n) is 4.60. The van der Waals surface area contributed by atoms with E-state index >= 15 is 0 Å². The maximum Gasteiger partial charge on any atom is 0.220 e.